The van der Waals surface area contributed by atoms with Gasteiger partial charge in [0.1, 0.15) is 5.75 Å². The van der Waals surface area contributed by atoms with Gasteiger partial charge in [0.05, 0.1) is 23.3 Å². The Morgan fingerprint density at radius 2 is 1.93 bits per heavy atom. The van der Waals surface area contributed by atoms with E-state index in [1.807, 2.05) is 6.07 Å². The number of methoxy groups -OCH3 is 1. The smallest absolute Gasteiger partial charge is 0.241 e. The van der Waals surface area contributed by atoms with Gasteiger partial charge in [-0.1, -0.05) is 29.4 Å². The van der Waals surface area contributed by atoms with Crippen LogP contribution in [0.15, 0.2) is 51.9 Å². The number of rotatable bonds is 7. The molecule has 1 amide bonds. The van der Waals surface area contributed by atoms with Crippen molar-refractivity contribution in [3.05, 3.63) is 59.3 Å². The van der Waals surface area contributed by atoms with Gasteiger partial charge in [-0.3, -0.25) is 10.1 Å². The standard InChI is InChI=1S/C21H23N3O5S/c1-13-8-9-17(20-14(2)24-29-21(20)23-15(3)25)11-19(13)30(26,27)22-12-16-6-5-7-18(10-16)28-4/h5-11,22H,12H2,1-4H3,(H,23,25). The minimum Gasteiger partial charge on any atom is -0.497 e. The largest absolute Gasteiger partial charge is 0.497 e. The van der Waals surface area contributed by atoms with Gasteiger partial charge in [0, 0.05) is 13.5 Å². The summed E-state index contributed by atoms with van der Waals surface area (Å²) in [4.78, 5) is 11.6. The lowest BCUT2D eigenvalue weighted by molar-refractivity contribution is -0.114. The number of carbonyl (C=O) groups excluding carboxylic acids is 1. The number of hydrogen-bond acceptors (Lipinski definition) is 6. The number of sulfonamides is 1. The lowest BCUT2D eigenvalue weighted by Crippen LogP contribution is -2.24. The zero-order chi connectivity index (χ0) is 21.9. The van der Waals surface area contributed by atoms with Crippen LogP contribution in [0.4, 0.5) is 5.88 Å². The van der Waals surface area contributed by atoms with E-state index in [0.29, 0.717) is 28.1 Å². The van der Waals surface area contributed by atoms with Gasteiger partial charge in [-0.15, -0.1) is 0 Å². The summed E-state index contributed by atoms with van der Waals surface area (Å²) in [6.07, 6.45) is 0. The van der Waals surface area contributed by atoms with E-state index in [1.54, 1.807) is 57.4 Å². The molecule has 0 aliphatic carbocycles. The summed E-state index contributed by atoms with van der Waals surface area (Å²) in [6, 6.07) is 12.2. The molecule has 1 aromatic heterocycles. The molecule has 0 atom stereocenters. The lowest BCUT2D eigenvalue weighted by Gasteiger charge is -2.12. The molecule has 0 saturated carbocycles. The molecule has 9 heteroatoms. The van der Waals surface area contributed by atoms with Crippen molar-refractivity contribution in [2.45, 2.75) is 32.2 Å². The lowest BCUT2D eigenvalue weighted by atomic mass is 10.0. The molecule has 1 heterocycles. The second kappa shape index (κ2) is 8.68. The van der Waals surface area contributed by atoms with Gasteiger partial charge in [-0.25, -0.2) is 13.1 Å². The maximum absolute atomic E-state index is 13.0. The Morgan fingerprint density at radius 1 is 1.17 bits per heavy atom. The van der Waals surface area contributed by atoms with Gasteiger partial charge in [0.2, 0.25) is 21.8 Å². The zero-order valence-corrected chi connectivity index (χ0v) is 18.0. The number of nitrogens with one attached hydrogen (secondary N) is 2. The van der Waals surface area contributed by atoms with Crippen molar-refractivity contribution in [1.29, 1.82) is 0 Å². The van der Waals surface area contributed by atoms with Crippen LogP contribution in [0.5, 0.6) is 5.75 Å². The summed E-state index contributed by atoms with van der Waals surface area (Å²) in [5.74, 6) is 0.516. The normalized spacial score (nSPS) is 11.3. The van der Waals surface area contributed by atoms with Crippen LogP contribution in [0, 0.1) is 13.8 Å². The van der Waals surface area contributed by atoms with Crippen LogP contribution in [0.2, 0.25) is 0 Å². The van der Waals surface area contributed by atoms with Crippen molar-refractivity contribution in [2.24, 2.45) is 0 Å². The first kappa shape index (κ1) is 21.5. The van der Waals surface area contributed by atoms with Crippen LogP contribution in [0.25, 0.3) is 11.1 Å². The second-order valence-corrected chi connectivity index (χ2v) is 8.55. The van der Waals surface area contributed by atoms with Gasteiger partial charge in [-0.2, -0.15) is 0 Å². The average molecular weight is 429 g/mol. The highest BCUT2D eigenvalue weighted by Gasteiger charge is 2.21. The van der Waals surface area contributed by atoms with Crippen molar-refractivity contribution < 1.29 is 22.5 Å². The number of aryl methyl sites for hydroxylation is 2. The van der Waals surface area contributed by atoms with E-state index in [-0.39, 0.29) is 23.2 Å². The second-order valence-electron chi connectivity index (χ2n) is 6.81. The monoisotopic (exact) mass is 429 g/mol. The number of benzene rings is 2. The molecule has 0 unspecified atom stereocenters. The van der Waals surface area contributed by atoms with Gasteiger partial charge in [-0.05, 0) is 48.7 Å². The van der Waals surface area contributed by atoms with E-state index in [2.05, 4.69) is 15.2 Å². The molecule has 3 aromatic rings. The number of aromatic nitrogens is 1. The van der Waals surface area contributed by atoms with Crippen molar-refractivity contribution in [3.8, 4) is 16.9 Å². The maximum atomic E-state index is 13.0. The molecular formula is C21H23N3O5S. The number of hydrogen-bond donors (Lipinski definition) is 2. The van der Waals surface area contributed by atoms with Crippen molar-refractivity contribution >= 4 is 21.8 Å². The highest BCUT2D eigenvalue weighted by molar-refractivity contribution is 7.89. The fourth-order valence-corrected chi connectivity index (χ4v) is 4.32. The minimum atomic E-state index is -3.80. The Bertz CT molecular complexity index is 1190. The van der Waals surface area contributed by atoms with E-state index in [4.69, 9.17) is 9.26 Å². The molecule has 0 bridgehead atoms. The van der Waals surface area contributed by atoms with Crippen LogP contribution < -0.4 is 14.8 Å². The summed E-state index contributed by atoms with van der Waals surface area (Å²) < 4.78 is 39.0. The minimum absolute atomic E-state index is 0.118. The van der Waals surface area contributed by atoms with Crippen LogP contribution >= 0.6 is 0 Å². The molecule has 0 spiro atoms. The zero-order valence-electron chi connectivity index (χ0n) is 17.1. The molecule has 0 radical (unpaired) electrons. The molecule has 0 aliphatic heterocycles. The number of carbonyl (C=O) groups is 1. The molecule has 2 N–H and O–H groups in total. The van der Waals surface area contributed by atoms with E-state index in [0.717, 1.165) is 5.56 Å². The van der Waals surface area contributed by atoms with Gasteiger partial charge in [0.15, 0.2) is 0 Å². The highest BCUT2D eigenvalue weighted by atomic mass is 32.2. The summed E-state index contributed by atoms with van der Waals surface area (Å²) >= 11 is 0. The van der Waals surface area contributed by atoms with Crippen molar-refractivity contribution in [3.63, 3.8) is 0 Å². The van der Waals surface area contributed by atoms with Crippen LogP contribution in [0.1, 0.15) is 23.7 Å². The predicted molar refractivity (Wildman–Crippen MR) is 113 cm³/mol. The number of nitrogens with zero attached hydrogens (tertiary/aromatic N) is 1. The highest BCUT2D eigenvalue weighted by Crippen LogP contribution is 2.33. The fourth-order valence-electron chi connectivity index (χ4n) is 3.04. The van der Waals surface area contributed by atoms with Crippen molar-refractivity contribution in [2.75, 3.05) is 12.4 Å². The topological polar surface area (TPSA) is 111 Å². The molecule has 0 aliphatic rings. The molecule has 0 fully saturated rings. The average Bonchev–Trinajstić information content (AvgIpc) is 3.06. The van der Waals surface area contributed by atoms with Gasteiger partial charge in [0.25, 0.3) is 0 Å². The first-order valence-corrected chi connectivity index (χ1v) is 10.7. The molecular weight excluding hydrogens is 406 g/mol. The summed E-state index contributed by atoms with van der Waals surface area (Å²) in [5.41, 5.74) is 3.01. The Morgan fingerprint density at radius 3 is 2.63 bits per heavy atom. The molecule has 3 rings (SSSR count). The Labute approximate surface area is 175 Å². The summed E-state index contributed by atoms with van der Waals surface area (Å²) in [6.45, 7) is 4.92. The molecule has 2 aromatic carbocycles. The molecule has 158 valence electrons. The molecule has 8 nitrogen and oxygen atoms in total. The summed E-state index contributed by atoms with van der Waals surface area (Å²) in [5, 5.41) is 6.46. The van der Waals surface area contributed by atoms with E-state index in [1.165, 1.54) is 6.92 Å². The quantitative estimate of drug-likeness (QED) is 0.596. The third-order valence-corrected chi connectivity index (χ3v) is 6.06. The van der Waals surface area contributed by atoms with Crippen LogP contribution in [0.3, 0.4) is 0 Å². The Hall–Kier alpha value is -3.17. The van der Waals surface area contributed by atoms with Gasteiger partial charge < -0.3 is 9.26 Å². The number of anilines is 1. The maximum Gasteiger partial charge on any atom is 0.241 e. The molecule has 30 heavy (non-hydrogen) atoms. The van der Waals surface area contributed by atoms with Gasteiger partial charge >= 0.3 is 0 Å². The first-order chi connectivity index (χ1) is 14.2. The van der Waals surface area contributed by atoms with E-state index < -0.39 is 10.0 Å². The van der Waals surface area contributed by atoms with E-state index in [9.17, 15) is 13.2 Å². The summed E-state index contributed by atoms with van der Waals surface area (Å²) in [7, 11) is -2.24. The van der Waals surface area contributed by atoms with E-state index >= 15 is 0 Å². The predicted octanol–water partition coefficient (Wildman–Crippen LogP) is 3.40. The fraction of sp³-hybridized carbons (Fsp3) is 0.238. The SMILES string of the molecule is COc1cccc(CNS(=O)(=O)c2cc(-c3c(C)noc3NC(C)=O)ccc2C)c1. The number of ether oxygens (including phenoxy) is 1. The van der Waals surface area contributed by atoms with Crippen molar-refractivity contribution in [1.82, 2.24) is 9.88 Å². The Kier molecular flexibility index (Phi) is 6.23. The number of amides is 1. The third-order valence-electron chi connectivity index (χ3n) is 4.52. The first-order valence-electron chi connectivity index (χ1n) is 9.18. The van der Waals surface area contributed by atoms with Crippen LogP contribution in [-0.4, -0.2) is 26.6 Å². The Balaban J connectivity index is 1.93. The van der Waals surface area contributed by atoms with Crippen LogP contribution in [-0.2, 0) is 21.4 Å². The third kappa shape index (κ3) is 4.69. The molecule has 0 saturated heterocycles.